The minimum Gasteiger partial charge on any atom is -0.398 e. The fourth-order valence-corrected chi connectivity index (χ4v) is 2.02. The van der Waals surface area contributed by atoms with Crippen LogP contribution in [0.4, 0.5) is 5.69 Å². The van der Waals surface area contributed by atoms with Crippen molar-refractivity contribution in [3.05, 3.63) is 28.2 Å². The zero-order chi connectivity index (χ0) is 13.1. The molecule has 0 aliphatic rings. The van der Waals surface area contributed by atoms with Gasteiger partial charge in [-0.3, -0.25) is 4.90 Å². The molecule has 0 amide bonds. The molecule has 0 radical (unpaired) electrons. The molecule has 0 bridgehead atoms. The van der Waals surface area contributed by atoms with Gasteiger partial charge in [-0.2, -0.15) is 0 Å². The number of hydrogen-bond acceptors (Lipinski definition) is 3. The fraction of sp³-hybridized carbons (Fsp3) is 0.538. The molecule has 0 aliphatic carbocycles. The number of halogens is 1. The van der Waals surface area contributed by atoms with Crippen molar-refractivity contribution in [3.8, 4) is 0 Å². The second-order valence-electron chi connectivity index (χ2n) is 4.97. The van der Waals surface area contributed by atoms with Crippen molar-refractivity contribution in [1.82, 2.24) is 4.90 Å². The third-order valence-electron chi connectivity index (χ3n) is 2.52. The molecule has 0 atom stereocenters. The maximum atomic E-state index is 9.82. The fourth-order valence-electron chi connectivity index (χ4n) is 1.78. The summed E-state index contributed by atoms with van der Waals surface area (Å²) in [5, 5.41) is 9.82. The number of benzene rings is 1. The Hall–Kier alpha value is -0.580. The van der Waals surface area contributed by atoms with E-state index in [-0.39, 0.29) is 0 Å². The molecule has 0 saturated carbocycles. The molecule has 0 spiro atoms. The van der Waals surface area contributed by atoms with E-state index in [9.17, 15) is 5.11 Å². The summed E-state index contributed by atoms with van der Waals surface area (Å²) in [6.07, 6.45) is 0. The molecule has 0 fully saturated rings. The van der Waals surface area contributed by atoms with Crippen molar-refractivity contribution < 1.29 is 5.11 Å². The van der Waals surface area contributed by atoms with Gasteiger partial charge in [-0.15, -0.1) is 0 Å². The molecule has 0 saturated heterocycles. The van der Waals surface area contributed by atoms with Gasteiger partial charge >= 0.3 is 0 Å². The number of nitrogens with zero attached hydrogens (tertiary/aromatic N) is 1. The van der Waals surface area contributed by atoms with E-state index in [1.165, 1.54) is 0 Å². The molecule has 0 heterocycles. The van der Waals surface area contributed by atoms with E-state index in [0.717, 1.165) is 28.8 Å². The standard InChI is InChI=1S/C13H21BrN2O/c1-4-16(9-13(2,3)17)8-10-5-6-11(14)12(15)7-10/h5-7,17H,4,8-9,15H2,1-3H3. The molecule has 4 heteroatoms. The van der Waals surface area contributed by atoms with E-state index < -0.39 is 5.60 Å². The van der Waals surface area contributed by atoms with Crippen LogP contribution in [0.25, 0.3) is 0 Å². The predicted molar refractivity (Wildman–Crippen MR) is 75.8 cm³/mol. The molecule has 0 aromatic heterocycles. The van der Waals surface area contributed by atoms with Crippen LogP contribution >= 0.6 is 15.9 Å². The lowest BCUT2D eigenvalue weighted by Gasteiger charge is -2.28. The Kier molecular flexibility index (Phi) is 4.98. The summed E-state index contributed by atoms with van der Waals surface area (Å²) in [4.78, 5) is 2.20. The van der Waals surface area contributed by atoms with Gasteiger partial charge in [0.15, 0.2) is 0 Å². The molecule has 1 rings (SSSR count). The highest BCUT2D eigenvalue weighted by Crippen LogP contribution is 2.21. The van der Waals surface area contributed by atoms with Gasteiger partial charge in [0.05, 0.1) is 5.60 Å². The normalized spacial score (nSPS) is 12.1. The summed E-state index contributed by atoms with van der Waals surface area (Å²) >= 11 is 3.38. The summed E-state index contributed by atoms with van der Waals surface area (Å²) in [6.45, 7) is 8.10. The maximum absolute atomic E-state index is 9.82. The highest BCUT2D eigenvalue weighted by atomic mass is 79.9. The highest BCUT2D eigenvalue weighted by molar-refractivity contribution is 9.10. The highest BCUT2D eigenvalue weighted by Gasteiger charge is 2.17. The van der Waals surface area contributed by atoms with Crippen molar-refractivity contribution in [2.75, 3.05) is 18.8 Å². The number of nitrogens with two attached hydrogens (primary N) is 1. The van der Waals surface area contributed by atoms with Crippen molar-refractivity contribution in [2.45, 2.75) is 32.9 Å². The van der Waals surface area contributed by atoms with Crippen LogP contribution in [0.15, 0.2) is 22.7 Å². The van der Waals surface area contributed by atoms with Gasteiger partial charge in [0.1, 0.15) is 0 Å². The molecule has 1 aromatic carbocycles. The first-order valence-electron chi connectivity index (χ1n) is 5.80. The largest absolute Gasteiger partial charge is 0.398 e. The Bertz CT molecular complexity index is 374. The minimum absolute atomic E-state index is 0.652. The third kappa shape index (κ3) is 5.06. The maximum Gasteiger partial charge on any atom is 0.0718 e. The van der Waals surface area contributed by atoms with Gasteiger partial charge in [-0.25, -0.2) is 0 Å². The number of aliphatic hydroxyl groups is 1. The molecule has 1 aromatic rings. The van der Waals surface area contributed by atoms with Gasteiger partial charge < -0.3 is 10.8 Å². The number of hydrogen-bond donors (Lipinski definition) is 2. The quantitative estimate of drug-likeness (QED) is 0.822. The zero-order valence-corrected chi connectivity index (χ0v) is 12.3. The SMILES string of the molecule is CCN(Cc1ccc(Br)c(N)c1)CC(C)(C)O. The summed E-state index contributed by atoms with van der Waals surface area (Å²) in [7, 11) is 0. The van der Waals surface area contributed by atoms with E-state index in [1.54, 1.807) is 0 Å². The van der Waals surface area contributed by atoms with E-state index in [0.29, 0.717) is 6.54 Å². The second kappa shape index (κ2) is 5.85. The lowest BCUT2D eigenvalue weighted by molar-refractivity contribution is 0.0353. The van der Waals surface area contributed by atoms with E-state index in [4.69, 9.17) is 5.73 Å². The van der Waals surface area contributed by atoms with Crippen molar-refractivity contribution >= 4 is 21.6 Å². The monoisotopic (exact) mass is 300 g/mol. The van der Waals surface area contributed by atoms with Crippen LogP contribution in [0, 0.1) is 0 Å². The summed E-state index contributed by atoms with van der Waals surface area (Å²) in [5.41, 5.74) is 7.10. The lowest BCUT2D eigenvalue weighted by Crippen LogP contribution is -2.38. The average Bonchev–Trinajstić information content (AvgIpc) is 2.20. The topological polar surface area (TPSA) is 49.5 Å². The van der Waals surface area contributed by atoms with Crippen LogP contribution in [0.2, 0.25) is 0 Å². The van der Waals surface area contributed by atoms with Gasteiger partial charge in [-0.05, 0) is 54.0 Å². The molecule has 3 nitrogen and oxygen atoms in total. The van der Waals surface area contributed by atoms with Crippen molar-refractivity contribution in [3.63, 3.8) is 0 Å². The number of anilines is 1. The second-order valence-corrected chi connectivity index (χ2v) is 5.83. The van der Waals surface area contributed by atoms with Crippen LogP contribution in [0.5, 0.6) is 0 Å². The molecular formula is C13H21BrN2O. The Morgan fingerprint density at radius 3 is 2.53 bits per heavy atom. The predicted octanol–water partition coefficient (Wildman–Crippen LogP) is 2.62. The van der Waals surface area contributed by atoms with Gasteiger partial charge in [0, 0.05) is 23.2 Å². The van der Waals surface area contributed by atoms with Gasteiger partial charge in [0.25, 0.3) is 0 Å². The van der Waals surface area contributed by atoms with E-state index in [1.807, 2.05) is 32.0 Å². The van der Waals surface area contributed by atoms with Crippen LogP contribution < -0.4 is 5.73 Å². The third-order valence-corrected chi connectivity index (χ3v) is 3.25. The molecule has 17 heavy (non-hydrogen) atoms. The lowest BCUT2D eigenvalue weighted by atomic mass is 10.1. The summed E-state index contributed by atoms with van der Waals surface area (Å²) in [6, 6.07) is 5.98. The van der Waals surface area contributed by atoms with Crippen LogP contribution in [0.3, 0.4) is 0 Å². The molecule has 3 N–H and O–H groups in total. The first-order chi connectivity index (χ1) is 7.81. The summed E-state index contributed by atoms with van der Waals surface area (Å²) < 4.78 is 0.923. The number of nitrogen functional groups attached to an aromatic ring is 1. The van der Waals surface area contributed by atoms with Crippen LogP contribution in [-0.4, -0.2) is 28.7 Å². The molecule has 96 valence electrons. The zero-order valence-electron chi connectivity index (χ0n) is 10.7. The molecule has 0 unspecified atom stereocenters. The van der Waals surface area contributed by atoms with Crippen LogP contribution in [-0.2, 0) is 6.54 Å². The van der Waals surface area contributed by atoms with Gasteiger partial charge in [-0.1, -0.05) is 13.0 Å². The smallest absolute Gasteiger partial charge is 0.0718 e. The van der Waals surface area contributed by atoms with Crippen molar-refractivity contribution in [1.29, 1.82) is 0 Å². The number of rotatable bonds is 5. The van der Waals surface area contributed by atoms with Gasteiger partial charge in [0.2, 0.25) is 0 Å². The van der Waals surface area contributed by atoms with Crippen LogP contribution in [0.1, 0.15) is 26.3 Å². The minimum atomic E-state index is -0.670. The Balaban J connectivity index is 2.70. The summed E-state index contributed by atoms with van der Waals surface area (Å²) in [5.74, 6) is 0. The molecule has 0 aliphatic heterocycles. The van der Waals surface area contributed by atoms with E-state index >= 15 is 0 Å². The Labute approximate surface area is 112 Å². The first kappa shape index (κ1) is 14.5. The first-order valence-corrected chi connectivity index (χ1v) is 6.60. The Morgan fingerprint density at radius 2 is 2.06 bits per heavy atom. The average molecular weight is 301 g/mol. The number of likely N-dealkylation sites (N-methyl/N-ethyl adjacent to an activating group) is 1. The molecular weight excluding hydrogens is 280 g/mol. The van der Waals surface area contributed by atoms with Crippen molar-refractivity contribution in [2.24, 2.45) is 0 Å². The van der Waals surface area contributed by atoms with E-state index in [2.05, 4.69) is 27.8 Å². The Morgan fingerprint density at radius 1 is 1.41 bits per heavy atom.